The highest BCUT2D eigenvalue weighted by atomic mass is 16.6. The van der Waals surface area contributed by atoms with Crippen LogP contribution in [0.3, 0.4) is 0 Å². The van der Waals surface area contributed by atoms with Crippen molar-refractivity contribution in [2.45, 2.75) is 91.3 Å². The predicted octanol–water partition coefficient (Wildman–Crippen LogP) is 4.97. The standard InChI is InChI=1S/C33H47N3O7/c1-7-9-12-21-36(29(26-14-11-10-13-23(26)3)30(39)34-20-19-28(38)42-8-2)31(40)27(35-32(41)43-33(4,5)6)22-24-15-17-25(37)18-16-24/h10-11,13-18,27,29,37H,7-9,12,19-22H2,1-6H3,(H,34,39)(H,35,41). The zero-order chi connectivity index (χ0) is 32.0. The molecule has 0 radical (unpaired) electrons. The summed E-state index contributed by atoms with van der Waals surface area (Å²) in [5, 5.41) is 15.3. The first-order valence-corrected chi connectivity index (χ1v) is 14.9. The van der Waals surface area contributed by atoms with Crippen molar-refractivity contribution in [1.29, 1.82) is 0 Å². The number of carbonyl (C=O) groups excluding carboxylic acids is 4. The zero-order valence-electron chi connectivity index (χ0n) is 26.3. The molecular weight excluding hydrogens is 550 g/mol. The van der Waals surface area contributed by atoms with Crippen LogP contribution in [0.4, 0.5) is 4.79 Å². The van der Waals surface area contributed by atoms with E-state index >= 15 is 0 Å². The van der Waals surface area contributed by atoms with E-state index in [-0.39, 0.29) is 38.3 Å². The van der Waals surface area contributed by atoms with E-state index in [0.29, 0.717) is 17.5 Å². The molecule has 0 bridgehead atoms. The van der Waals surface area contributed by atoms with Crippen molar-refractivity contribution in [3.8, 4) is 5.75 Å². The number of nitrogens with one attached hydrogen (secondary N) is 2. The van der Waals surface area contributed by atoms with E-state index in [1.165, 1.54) is 17.0 Å². The number of aromatic hydroxyl groups is 1. The fraction of sp³-hybridized carbons (Fsp3) is 0.515. The van der Waals surface area contributed by atoms with Crippen LogP contribution in [0.15, 0.2) is 48.5 Å². The van der Waals surface area contributed by atoms with E-state index in [4.69, 9.17) is 9.47 Å². The van der Waals surface area contributed by atoms with Crippen molar-refractivity contribution in [2.24, 2.45) is 0 Å². The summed E-state index contributed by atoms with van der Waals surface area (Å²) in [4.78, 5) is 54.7. The molecule has 0 fully saturated rings. The van der Waals surface area contributed by atoms with Crippen LogP contribution in [0.2, 0.25) is 0 Å². The predicted molar refractivity (Wildman–Crippen MR) is 164 cm³/mol. The van der Waals surface area contributed by atoms with Crippen molar-refractivity contribution in [2.75, 3.05) is 19.7 Å². The number of hydrogen-bond donors (Lipinski definition) is 3. The number of carbonyl (C=O) groups is 4. The number of amides is 3. The third kappa shape index (κ3) is 12.0. The number of unbranched alkanes of at least 4 members (excludes halogenated alkanes) is 2. The molecule has 0 spiro atoms. The van der Waals surface area contributed by atoms with Crippen LogP contribution in [0.1, 0.15) is 83.0 Å². The Morgan fingerprint density at radius 2 is 1.65 bits per heavy atom. The van der Waals surface area contributed by atoms with Gasteiger partial charge < -0.3 is 30.1 Å². The maximum absolute atomic E-state index is 14.5. The summed E-state index contributed by atoms with van der Waals surface area (Å²) in [6, 6.07) is 11.6. The van der Waals surface area contributed by atoms with Gasteiger partial charge in [0.25, 0.3) is 0 Å². The molecule has 43 heavy (non-hydrogen) atoms. The lowest BCUT2D eigenvalue weighted by Gasteiger charge is -2.35. The molecular formula is C33H47N3O7. The summed E-state index contributed by atoms with van der Waals surface area (Å²) in [6.07, 6.45) is 1.71. The lowest BCUT2D eigenvalue weighted by molar-refractivity contribution is -0.144. The Bertz CT molecular complexity index is 1210. The van der Waals surface area contributed by atoms with Crippen LogP contribution in [0.25, 0.3) is 0 Å². The third-order valence-electron chi connectivity index (χ3n) is 6.63. The monoisotopic (exact) mass is 597 g/mol. The number of esters is 1. The molecule has 0 aliphatic carbocycles. The Kier molecular flexibility index (Phi) is 14.0. The second-order valence-electron chi connectivity index (χ2n) is 11.4. The van der Waals surface area contributed by atoms with E-state index in [0.717, 1.165) is 18.4 Å². The molecule has 3 amide bonds. The normalized spacial score (nSPS) is 12.5. The van der Waals surface area contributed by atoms with Gasteiger partial charge in [-0.3, -0.25) is 14.4 Å². The van der Waals surface area contributed by atoms with E-state index in [2.05, 4.69) is 10.6 Å². The Morgan fingerprint density at radius 1 is 0.977 bits per heavy atom. The minimum absolute atomic E-state index is 0.00642. The second kappa shape index (κ2) is 17.1. The quantitative estimate of drug-likeness (QED) is 0.195. The Balaban J connectivity index is 2.52. The number of nitrogens with zero attached hydrogens (tertiary/aromatic N) is 1. The molecule has 0 saturated carbocycles. The Labute approximate surface area is 255 Å². The lowest BCUT2D eigenvalue weighted by atomic mass is 9.96. The SMILES string of the molecule is CCCCCN(C(=O)C(Cc1ccc(O)cc1)NC(=O)OC(C)(C)C)C(C(=O)NCCC(=O)OCC)c1ccccc1C. The van der Waals surface area contributed by atoms with E-state index in [9.17, 15) is 24.3 Å². The highest BCUT2D eigenvalue weighted by Crippen LogP contribution is 2.27. The van der Waals surface area contributed by atoms with Gasteiger partial charge in [0.2, 0.25) is 11.8 Å². The van der Waals surface area contributed by atoms with E-state index < -0.39 is 41.6 Å². The highest BCUT2D eigenvalue weighted by Gasteiger charge is 2.36. The Morgan fingerprint density at radius 3 is 2.26 bits per heavy atom. The average molecular weight is 598 g/mol. The van der Waals surface area contributed by atoms with Crippen LogP contribution in [0, 0.1) is 6.92 Å². The molecule has 0 aliphatic heterocycles. The van der Waals surface area contributed by atoms with Crippen molar-refractivity contribution < 1.29 is 33.8 Å². The van der Waals surface area contributed by atoms with Gasteiger partial charge in [0.1, 0.15) is 23.4 Å². The largest absolute Gasteiger partial charge is 0.508 e. The molecule has 0 aromatic heterocycles. The highest BCUT2D eigenvalue weighted by molar-refractivity contribution is 5.92. The second-order valence-corrected chi connectivity index (χ2v) is 11.4. The molecule has 10 nitrogen and oxygen atoms in total. The molecule has 2 aromatic rings. The summed E-state index contributed by atoms with van der Waals surface area (Å²) in [5.74, 6) is -1.25. The van der Waals surface area contributed by atoms with Crippen LogP contribution < -0.4 is 10.6 Å². The van der Waals surface area contributed by atoms with Crippen molar-refractivity contribution in [1.82, 2.24) is 15.5 Å². The van der Waals surface area contributed by atoms with Crippen LogP contribution in [-0.4, -0.2) is 65.2 Å². The van der Waals surface area contributed by atoms with Crippen LogP contribution in [-0.2, 0) is 30.3 Å². The zero-order valence-corrected chi connectivity index (χ0v) is 26.3. The van der Waals surface area contributed by atoms with E-state index in [1.807, 2.05) is 32.0 Å². The van der Waals surface area contributed by atoms with Gasteiger partial charge in [-0.1, -0.05) is 56.2 Å². The minimum Gasteiger partial charge on any atom is -0.508 e. The van der Waals surface area contributed by atoms with Crippen LogP contribution in [0.5, 0.6) is 5.75 Å². The summed E-state index contributed by atoms with van der Waals surface area (Å²) < 4.78 is 10.5. The van der Waals surface area contributed by atoms with Gasteiger partial charge in [-0.15, -0.1) is 0 Å². The minimum atomic E-state index is -1.07. The number of aryl methyl sites for hydroxylation is 1. The molecule has 2 atom stereocenters. The van der Waals surface area contributed by atoms with Gasteiger partial charge in [0.15, 0.2) is 0 Å². The molecule has 0 saturated heterocycles. The van der Waals surface area contributed by atoms with Gasteiger partial charge in [0, 0.05) is 19.5 Å². The topological polar surface area (TPSA) is 134 Å². The maximum atomic E-state index is 14.5. The third-order valence-corrected chi connectivity index (χ3v) is 6.63. The summed E-state index contributed by atoms with van der Waals surface area (Å²) in [6.45, 7) is 11.4. The van der Waals surface area contributed by atoms with Crippen molar-refractivity contribution in [3.05, 3.63) is 65.2 Å². The summed E-state index contributed by atoms with van der Waals surface area (Å²) in [7, 11) is 0. The Hall–Kier alpha value is -4.08. The first-order chi connectivity index (χ1) is 20.4. The fourth-order valence-electron chi connectivity index (χ4n) is 4.58. The first-order valence-electron chi connectivity index (χ1n) is 14.9. The number of hydrogen-bond acceptors (Lipinski definition) is 7. The van der Waals surface area contributed by atoms with Gasteiger partial charge >= 0.3 is 12.1 Å². The number of benzene rings is 2. The van der Waals surface area contributed by atoms with Gasteiger partial charge in [-0.05, 0) is 69.9 Å². The van der Waals surface area contributed by atoms with Crippen LogP contribution >= 0.6 is 0 Å². The number of rotatable bonds is 15. The number of phenols is 1. The first kappa shape index (κ1) is 35.1. The molecule has 2 rings (SSSR count). The van der Waals surface area contributed by atoms with Gasteiger partial charge in [-0.25, -0.2) is 4.79 Å². The molecule has 236 valence electrons. The number of phenolic OH excluding ortho intramolecular Hbond substituents is 1. The number of alkyl carbamates (subject to hydrolysis) is 1. The summed E-state index contributed by atoms with van der Waals surface area (Å²) >= 11 is 0. The maximum Gasteiger partial charge on any atom is 0.408 e. The molecule has 3 N–H and O–H groups in total. The van der Waals surface area contributed by atoms with Gasteiger partial charge in [-0.2, -0.15) is 0 Å². The van der Waals surface area contributed by atoms with Crippen molar-refractivity contribution >= 4 is 23.9 Å². The molecule has 2 unspecified atom stereocenters. The smallest absolute Gasteiger partial charge is 0.408 e. The van der Waals surface area contributed by atoms with E-state index in [1.54, 1.807) is 45.9 Å². The number of ether oxygens (including phenoxy) is 2. The fourth-order valence-corrected chi connectivity index (χ4v) is 4.58. The lowest BCUT2D eigenvalue weighted by Crippen LogP contribution is -2.54. The molecule has 0 heterocycles. The van der Waals surface area contributed by atoms with Crippen molar-refractivity contribution in [3.63, 3.8) is 0 Å². The molecule has 0 aliphatic rings. The average Bonchev–Trinajstić information content (AvgIpc) is 2.93. The molecule has 10 heteroatoms. The van der Waals surface area contributed by atoms with Gasteiger partial charge in [0.05, 0.1) is 13.0 Å². The summed E-state index contributed by atoms with van der Waals surface area (Å²) in [5.41, 5.74) is 1.37. The molecule has 2 aromatic carbocycles.